The quantitative estimate of drug-likeness (QED) is 0.305. The van der Waals surface area contributed by atoms with E-state index in [9.17, 15) is 14.4 Å². The summed E-state index contributed by atoms with van der Waals surface area (Å²) in [6, 6.07) is 22.5. The number of nitrogens with zero attached hydrogens (tertiary/aromatic N) is 2. The number of carbonyl (C=O) groups is 3. The predicted octanol–water partition coefficient (Wildman–Crippen LogP) is 5.80. The van der Waals surface area contributed by atoms with Crippen LogP contribution >= 0.6 is 11.8 Å². The molecule has 9 heteroatoms. The van der Waals surface area contributed by atoms with Gasteiger partial charge in [-0.05, 0) is 61.5 Å². The van der Waals surface area contributed by atoms with Crippen LogP contribution in [0.4, 0.5) is 16.2 Å². The van der Waals surface area contributed by atoms with Crippen LogP contribution in [-0.4, -0.2) is 48.7 Å². The van der Waals surface area contributed by atoms with Crippen molar-refractivity contribution in [3.05, 3.63) is 88.8 Å². The molecule has 39 heavy (non-hydrogen) atoms. The second-order valence-electron chi connectivity index (χ2n) is 8.69. The van der Waals surface area contributed by atoms with Crippen molar-refractivity contribution < 1.29 is 23.9 Å². The van der Waals surface area contributed by atoms with Gasteiger partial charge in [0.25, 0.3) is 11.1 Å². The van der Waals surface area contributed by atoms with Crippen molar-refractivity contribution >= 4 is 46.3 Å². The second-order valence-corrected chi connectivity index (χ2v) is 9.68. The fraction of sp³-hybridized carbons (Fsp3) is 0.233. The lowest BCUT2D eigenvalue weighted by molar-refractivity contribution is -0.127. The van der Waals surface area contributed by atoms with Crippen LogP contribution in [-0.2, 0) is 16.2 Å². The molecule has 1 aliphatic rings. The number of amides is 3. The zero-order valence-corrected chi connectivity index (χ0v) is 23.0. The summed E-state index contributed by atoms with van der Waals surface area (Å²) in [5, 5.41) is 2.19. The van der Waals surface area contributed by atoms with Crippen molar-refractivity contribution in [3.63, 3.8) is 0 Å². The summed E-state index contributed by atoms with van der Waals surface area (Å²) in [6.07, 6.45) is 1.65. The van der Waals surface area contributed by atoms with Crippen LogP contribution in [0.3, 0.4) is 0 Å². The molecule has 3 aromatic rings. The van der Waals surface area contributed by atoms with E-state index in [1.165, 1.54) is 7.11 Å². The maximum Gasteiger partial charge on any atom is 0.294 e. The number of anilines is 2. The zero-order valence-electron chi connectivity index (χ0n) is 22.2. The first kappa shape index (κ1) is 27.8. The third kappa shape index (κ3) is 6.80. The molecule has 1 heterocycles. The van der Waals surface area contributed by atoms with Gasteiger partial charge in [0.2, 0.25) is 5.91 Å². The summed E-state index contributed by atoms with van der Waals surface area (Å²) in [4.78, 5) is 41.9. The van der Waals surface area contributed by atoms with E-state index in [-0.39, 0.29) is 4.91 Å². The van der Waals surface area contributed by atoms with Gasteiger partial charge in [0, 0.05) is 30.4 Å². The summed E-state index contributed by atoms with van der Waals surface area (Å²) in [7, 11) is 1.50. The molecular formula is C30H31N3O5S. The molecule has 1 fully saturated rings. The van der Waals surface area contributed by atoms with Crippen molar-refractivity contribution in [3.8, 4) is 11.5 Å². The van der Waals surface area contributed by atoms with Crippen LogP contribution in [0.5, 0.6) is 11.5 Å². The third-order valence-electron chi connectivity index (χ3n) is 6.21. The highest BCUT2D eigenvalue weighted by molar-refractivity contribution is 8.18. The molecule has 0 saturated carbocycles. The Morgan fingerprint density at radius 2 is 1.69 bits per heavy atom. The summed E-state index contributed by atoms with van der Waals surface area (Å²) in [6.45, 7) is 5.80. The lowest BCUT2D eigenvalue weighted by atomic mass is 10.1. The average Bonchev–Trinajstić information content (AvgIpc) is 3.21. The molecule has 1 N–H and O–H groups in total. The Kier molecular flexibility index (Phi) is 9.27. The molecule has 3 amide bonds. The van der Waals surface area contributed by atoms with E-state index in [0.29, 0.717) is 29.4 Å². The van der Waals surface area contributed by atoms with E-state index in [1.54, 1.807) is 30.3 Å². The van der Waals surface area contributed by atoms with Gasteiger partial charge in [-0.2, -0.15) is 0 Å². The fourth-order valence-electron chi connectivity index (χ4n) is 4.15. The number of imide groups is 1. The van der Waals surface area contributed by atoms with Crippen molar-refractivity contribution in [2.45, 2.75) is 20.5 Å². The average molecular weight is 546 g/mol. The second kappa shape index (κ2) is 13.0. The number of para-hydroxylation sites is 2. The molecule has 0 aliphatic carbocycles. The Morgan fingerprint density at radius 3 is 2.41 bits per heavy atom. The predicted molar refractivity (Wildman–Crippen MR) is 155 cm³/mol. The van der Waals surface area contributed by atoms with Gasteiger partial charge in [-0.1, -0.05) is 42.5 Å². The molecule has 202 valence electrons. The number of benzene rings is 3. The number of nitrogens with one attached hydrogen (secondary N) is 1. The highest BCUT2D eigenvalue weighted by Crippen LogP contribution is 2.35. The molecule has 0 aromatic heterocycles. The topological polar surface area (TPSA) is 88.2 Å². The van der Waals surface area contributed by atoms with E-state index < -0.39 is 23.6 Å². The maximum atomic E-state index is 13.2. The summed E-state index contributed by atoms with van der Waals surface area (Å²) >= 11 is 0.803. The number of rotatable bonds is 11. The molecule has 0 atom stereocenters. The van der Waals surface area contributed by atoms with Gasteiger partial charge >= 0.3 is 0 Å². The molecule has 0 unspecified atom stereocenters. The monoisotopic (exact) mass is 545 g/mol. The Balaban J connectivity index is 1.54. The van der Waals surface area contributed by atoms with E-state index >= 15 is 0 Å². The molecule has 8 nitrogen and oxygen atoms in total. The Labute approximate surface area is 232 Å². The Hall–Kier alpha value is -4.24. The summed E-state index contributed by atoms with van der Waals surface area (Å²) in [5.41, 5.74) is 3.14. The van der Waals surface area contributed by atoms with Gasteiger partial charge in [0.15, 0.2) is 0 Å². The van der Waals surface area contributed by atoms with Gasteiger partial charge in [-0.3, -0.25) is 19.3 Å². The normalized spacial score (nSPS) is 14.0. The largest absolute Gasteiger partial charge is 0.495 e. The number of ether oxygens (including phenoxy) is 2. The van der Waals surface area contributed by atoms with E-state index in [1.807, 2.05) is 48.5 Å². The van der Waals surface area contributed by atoms with Crippen LogP contribution in [0.2, 0.25) is 0 Å². The SMILES string of the molecule is CCN(CC)c1ccc(/C=C2/SC(=O)N(CC(=O)Nc3ccccc3OC)C2=O)c(OCc2ccccc2)c1. The molecule has 3 aromatic carbocycles. The molecular weight excluding hydrogens is 514 g/mol. The highest BCUT2D eigenvalue weighted by Gasteiger charge is 2.36. The number of thioether (sulfide) groups is 1. The fourth-order valence-corrected chi connectivity index (χ4v) is 4.98. The Morgan fingerprint density at radius 1 is 0.974 bits per heavy atom. The van der Waals surface area contributed by atoms with Gasteiger partial charge in [0.1, 0.15) is 24.7 Å². The maximum absolute atomic E-state index is 13.2. The van der Waals surface area contributed by atoms with Gasteiger partial charge in [-0.15, -0.1) is 0 Å². The van der Waals surface area contributed by atoms with Crippen molar-refractivity contribution in [2.24, 2.45) is 0 Å². The lowest BCUT2D eigenvalue weighted by Gasteiger charge is -2.22. The Bertz CT molecular complexity index is 1370. The molecule has 0 bridgehead atoms. The molecule has 1 saturated heterocycles. The number of carbonyl (C=O) groups excluding carboxylic acids is 3. The minimum atomic E-state index is -0.526. The van der Waals surface area contributed by atoms with Crippen molar-refractivity contribution in [2.75, 3.05) is 37.0 Å². The minimum absolute atomic E-state index is 0.227. The first-order valence-electron chi connectivity index (χ1n) is 12.7. The van der Waals surface area contributed by atoms with Crippen LogP contribution in [0, 0.1) is 0 Å². The van der Waals surface area contributed by atoms with Crippen LogP contribution in [0.15, 0.2) is 77.7 Å². The van der Waals surface area contributed by atoms with Crippen molar-refractivity contribution in [1.29, 1.82) is 0 Å². The van der Waals surface area contributed by atoms with E-state index in [2.05, 4.69) is 24.1 Å². The van der Waals surface area contributed by atoms with Crippen LogP contribution < -0.4 is 19.7 Å². The smallest absolute Gasteiger partial charge is 0.294 e. The van der Waals surface area contributed by atoms with Gasteiger partial charge in [-0.25, -0.2) is 0 Å². The lowest BCUT2D eigenvalue weighted by Crippen LogP contribution is -2.36. The van der Waals surface area contributed by atoms with Crippen LogP contribution in [0.25, 0.3) is 6.08 Å². The number of hydrogen-bond donors (Lipinski definition) is 1. The van der Waals surface area contributed by atoms with E-state index in [4.69, 9.17) is 9.47 Å². The zero-order chi connectivity index (χ0) is 27.8. The molecule has 0 radical (unpaired) electrons. The van der Waals surface area contributed by atoms with Crippen molar-refractivity contribution in [1.82, 2.24) is 4.90 Å². The standard InChI is InChI=1S/C30H31N3O5S/c1-4-32(5-2)23-16-15-22(26(18-23)38-20-21-11-7-6-8-12-21)17-27-29(35)33(30(36)39-27)19-28(34)31-24-13-9-10-14-25(24)37-3/h6-18H,4-5,19-20H2,1-3H3,(H,31,34)/b27-17+. The number of methoxy groups -OCH3 is 1. The molecule has 1 aliphatic heterocycles. The first-order valence-corrected chi connectivity index (χ1v) is 13.5. The summed E-state index contributed by atoms with van der Waals surface area (Å²) < 4.78 is 11.4. The summed E-state index contributed by atoms with van der Waals surface area (Å²) in [5.74, 6) is 0.0561. The van der Waals surface area contributed by atoms with Gasteiger partial charge < -0.3 is 19.7 Å². The van der Waals surface area contributed by atoms with E-state index in [0.717, 1.165) is 41.0 Å². The minimum Gasteiger partial charge on any atom is -0.495 e. The number of hydrogen-bond acceptors (Lipinski definition) is 7. The molecule has 0 spiro atoms. The first-order chi connectivity index (χ1) is 18.9. The third-order valence-corrected chi connectivity index (χ3v) is 7.11. The highest BCUT2D eigenvalue weighted by atomic mass is 32.2. The van der Waals surface area contributed by atoms with Gasteiger partial charge in [0.05, 0.1) is 17.7 Å². The molecule has 4 rings (SSSR count). The van der Waals surface area contributed by atoms with Crippen LogP contribution in [0.1, 0.15) is 25.0 Å².